The number of aryl methyl sites for hydroxylation is 4. The lowest BCUT2D eigenvalue weighted by Gasteiger charge is -2.43. The fraction of sp³-hybridized carbons (Fsp3) is 0.323. The Hall–Kier alpha value is -3.13. The molecule has 33 heavy (non-hydrogen) atoms. The number of imidazole rings is 1. The van der Waals surface area contributed by atoms with E-state index < -0.39 is 24.5 Å². The van der Waals surface area contributed by atoms with Gasteiger partial charge in [0.25, 0.3) is 5.65 Å². The van der Waals surface area contributed by atoms with Crippen LogP contribution in [0.4, 0.5) is 0 Å². The van der Waals surface area contributed by atoms with E-state index in [1.165, 1.54) is 0 Å². The fourth-order valence-electron chi connectivity index (χ4n) is 5.99. The number of hydrogen-bond acceptors (Lipinski definition) is 0. The Morgan fingerprint density at radius 2 is 1.58 bits per heavy atom. The van der Waals surface area contributed by atoms with Crippen LogP contribution in [0.5, 0.6) is 0 Å². The van der Waals surface area contributed by atoms with Gasteiger partial charge in [0.05, 0.1) is 12.4 Å². The lowest BCUT2D eigenvalue weighted by molar-refractivity contribution is -0.632. The van der Waals surface area contributed by atoms with Gasteiger partial charge in [-0.25, -0.2) is 4.57 Å². The van der Waals surface area contributed by atoms with Crippen molar-refractivity contribution < 1.29 is 12.8 Å². The standard InChI is InChI=1S/C31H33N2/c1-18-14-16-22-24-19(2)15-17-23-27(24)33-28(31(6,7)30(23,4)5)26(21-12-10-9-11-13-21)32(8)29(33)25(22)20(18)3/h9-17H,1-8H3/q+1/i2D3,6D3. The molecule has 0 N–H and O–H groups in total. The minimum Gasteiger partial charge on any atom is -0.225 e. The normalized spacial score (nSPS) is 22.7. The average molecular weight is 440 g/mol. The van der Waals surface area contributed by atoms with Gasteiger partial charge in [-0.15, -0.1) is 0 Å². The average Bonchev–Trinajstić information content (AvgIpc) is 3.16. The molecule has 6 rings (SSSR count). The number of nitrogens with zero attached hydrogens (tertiary/aromatic N) is 2. The molecule has 2 nitrogen and oxygen atoms in total. The highest BCUT2D eigenvalue weighted by Crippen LogP contribution is 2.53. The number of pyridine rings is 1. The second-order valence-corrected chi connectivity index (χ2v) is 10.3. The van der Waals surface area contributed by atoms with E-state index in [0.29, 0.717) is 11.1 Å². The van der Waals surface area contributed by atoms with E-state index in [0.717, 1.165) is 49.9 Å². The number of rotatable bonds is 1. The van der Waals surface area contributed by atoms with E-state index in [1.54, 1.807) is 6.07 Å². The molecule has 0 bridgehead atoms. The smallest absolute Gasteiger partial charge is 0.225 e. The van der Waals surface area contributed by atoms with Gasteiger partial charge in [0, 0.05) is 41.0 Å². The van der Waals surface area contributed by atoms with E-state index in [1.807, 2.05) is 70.3 Å². The van der Waals surface area contributed by atoms with Gasteiger partial charge < -0.3 is 0 Å². The lowest BCUT2D eigenvalue weighted by atomic mass is 9.60. The molecule has 0 saturated heterocycles. The summed E-state index contributed by atoms with van der Waals surface area (Å²) in [5, 5.41) is 2.50. The van der Waals surface area contributed by atoms with Crippen molar-refractivity contribution in [1.29, 1.82) is 0 Å². The zero-order valence-corrected chi connectivity index (χ0v) is 20.1. The number of fused-ring (bicyclic) bond motifs is 3. The molecule has 0 fully saturated rings. The summed E-state index contributed by atoms with van der Waals surface area (Å²) in [6.45, 7) is 5.26. The molecule has 2 aromatic heterocycles. The Balaban J connectivity index is 2.08. The molecular weight excluding hydrogens is 400 g/mol. The summed E-state index contributed by atoms with van der Waals surface area (Å²) in [6.07, 6.45) is 0. The Bertz CT molecular complexity index is 1840. The molecule has 1 aliphatic rings. The van der Waals surface area contributed by atoms with Crippen LogP contribution in [0.25, 0.3) is 38.6 Å². The minimum absolute atomic E-state index is 0.285. The summed E-state index contributed by atoms with van der Waals surface area (Å²) < 4.78 is 56.4. The van der Waals surface area contributed by atoms with E-state index in [9.17, 15) is 0 Å². The third-order valence-corrected chi connectivity index (χ3v) is 8.39. The maximum atomic E-state index is 8.94. The molecule has 1 atom stereocenters. The van der Waals surface area contributed by atoms with Crippen LogP contribution in [0.1, 0.15) is 63.8 Å². The quantitative estimate of drug-likeness (QED) is 0.192. The molecule has 0 spiro atoms. The summed E-state index contributed by atoms with van der Waals surface area (Å²) in [6, 6.07) is 17.6. The third kappa shape index (κ3) is 2.27. The number of benzene rings is 3. The molecular formula is C31H33N2+. The van der Waals surface area contributed by atoms with Crippen LogP contribution < -0.4 is 4.57 Å². The predicted molar refractivity (Wildman–Crippen MR) is 139 cm³/mol. The molecule has 1 aliphatic heterocycles. The van der Waals surface area contributed by atoms with E-state index in [4.69, 9.17) is 8.22 Å². The third-order valence-electron chi connectivity index (χ3n) is 8.39. The Morgan fingerprint density at radius 1 is 0.848 bits per heavy atom. The molecule has 3 aromatic carbocycles. The van der Waals surface area contributed by atoms with Gasteiger partial charge in [-0.1, -0.05) is 82.2 Å². The predicted octanol–water partition coefficient (Wildman–Crippen LogP) is 7.23. The van der Waals surface area contributed by atoms with Crippen LogP contribution in [0.2, 0.25) is 0 Å². The Morgan fingerprint density at radius 3 is 2.27 bits per heavy atom. The molecule has 5 aromatic rings. The highest BCUT2D eigenvalue weighted by Gasteiger charge is 2.52. The van der Waals surface area contributed by atoms with Crippen molar-refractivity contribution >= 4 is 27.3 Å². The van der Waals surface area contributed by atoms with Crippen molar-refractivity contribution in [1.82, 2.24) is 4.40 Å². The lowest BCUT2D eigenvalue weighted by Crippen LogP contribution is -2.44. The van der Waals surface area contributed by atoms with Crippen LogP contribution in [-0.2, 0) is 17.9 Å². The van der Waals surface area contributed by atoms with Gasteiger partial charge in [-0.3, -0.25) is 0 Å². The van der Waals surface area contributed by atoms with Crippen molar-refractivity contribution in [3.05, 3.63) is 82.5 Å². The summed E-state index contributed by atoms with van der Waals surface area (Å²) in [4.78, 5) is 0. The molecule has 0 amide bonds. The van der Waals surface area contributed by atoms with Gasteiger partial charge in [-0.05, 0) is 37.4 Å². The van der Waals surface area contributed by atoms with E-state index in [-0.39, 0.29) is 5.56 Å². The zero-order chi connectivity index (χ0) is 28.4. The largest absolute Gasteiger partial charge is 0.295 e. The Kier molecular flexibility index (Phi) is 2.83. The van der Waals surface area contributed by atoms with Gasteiger partial charge in [0.15, 0.2) is 11.4 Å². The second-order valence-electron chi connectivity index (χ2n) is 10.3. The molecule has 2 heteroatoms. The van der Waals surface area contributed by atoms with E-state index in [2.05, 4.69) is 28.9 Å². The zero-order valence-electron chi connectivity index (χ0n) is 26.1. The van der Waals surface area contributed by atoms with E-state index >= 15 is 0 Å². The summed E-state index contributed by atoms with van der Waals surface area (Å²) in [7, 11) is 2.00. The van der Waals surface area contributed by atoms with Crippen molar-refractivity contribution in [2.75, 3.05) is 0 Å². The maximum Gasteiger partial charge on any atom is 0.295 e. The highest BCUT2D eigenvalue weighted by molar-refractivity contribution is 6.15. The van der Waals surface area contributed by atoms with Crippen LogP contribution in [-0.4, -0.2) is 4.40 Å². The number of aromatic nitrogens is 2. The monoisotopic (exact) mass is 439 g/mol. The van der Waals surface area contributed by atoms with Gasteiger partial charge in [-0.2, -0.15) is 4.40 Å². The SMILES string of the molecule is [2H]C([2H])([2H])c1ccc2c3c1c1ccc(C)c(C)c1c1n3c(c(-c3ccccc3)[n+]1C)C(C)(C([2H])([2H])[2H])C2(C)C. The molecule has 0 saturated carbocycles. The fourth-order valence-corrected chi connectivity index (χ4v) is 5.99. The first-order valence-electron chi connectivity index (χ1n) is 14.5. The number of hydrogen-bond donors (Lipinski definition) is 0. The van der Waals surface area contributed by atoms with Gasteiger partial charge >= 0.3 is 0 Å². The topological polar surface area (TPSA) is 8.29 Å². The first kappa shape index (κ1) is 14.9. The van der Waals surface area contributed by atoms with Crippen molar-refractivity contribution in [2.45, 2.75) is 59.2 Å². The Labute approximate surface area is 204 Å². The van der Waals surface area contributed by atoms with Crippen LogP contribution in [0.3, 0.4) is 0 Å². The van der Waals surface area contributed by atoms with Crippen molar-refractivity contribution in [2.24, 2.45) is 7.05 Å². The summed E-state index contributed by atoms with van der Waals surface area (Å²) >= 11 is 0. The molecule has 0 radical (unpaired) electrons. The summed E-state index contributed by atoms with van der Waals surface area (Å²) in [5.74, 6) is 0. The van der Waals surface area contributed by atoms with Crippen LogP contribution >= 0.6 is 0 Å². The molecule has 1 unspecified atom stereocenters. The van der Waals surface area contributed by atoms with Gasteiger partial charge in [0.1, 0.15) is 5.52 Å². The molecule has 0 aliphatic carbocycles. The van der Waals surface area contributed by atoms with Crippen LogP contribution in [0.15, 0.2) is 54.6 Å². The molecule has 3 heterocycles. The first-order chi connectivity index (χ1) is 18.0. The van der Waals surface area contributed by atoms with Crippen LogP contribution in [0, 0.1) is 20.7 Å². The van der Waals surface area contributed by atoms with Crippen molar-refractivity contribution in [3.8, 4) is 11.3 Å². The maximum absolute atomic E-state index is 8.94. The summed E-state index contributed by atoms with van der Waals surface area (Å²) in [5.41, 5.74) is 5.25. The van der Waals surface area contributed by atoms with Crippen molar-refractivity contribution in [3.63, 3.8) is 0 Å². The highest BCUT2D eigenvalue weighted by atomic mass is 15.1. The second kappa shape index (κ2) is 6.26. The first-order valence-corrected chi connectivity index (χ1v) is 11.5. The minimum atomic E-state index is -2.36. The van der Waals surface area contributed by atoms with Gasteiger partial charge in [0.2, 0.25) is 0 Å². The molecule has 166 valence electrons.